The van der Waals surface area contributed by atoms with Gasteiger partial charge in [0.1, 0.15) is 6.11 Å². The molecule has 0 aliphatic rings. The molecular weight excluding hydrogens is 247 g/mol. The second-order valence-electron chi connectivity index (χ2n) is 1.29. The summed E-state index contributed by atoms with van der Waals surface area (Å²) in [6.07, 6.45) is 2.27. The highest BCUT2D eigenvalue weighted by Crippen LogP contribution is 1.80. The number of hydrogen-bond donors (Lipinski definition) is 0. The molecule has 0 aromatic carbocycles. The third-order valence-electron chi connectivity index (χ3n) is 0.606. The minimum absolute atomic E-state index is 0.0934. The predicted octanol–water partition coefficient (Wildman–Crippen LogP) is 0.920. The number of ether oxygens (including phenoxy) is 2. The lowest BCUT2D eigenvalue weighted by Crippen LogP contribution is -2.10. The first-order chi connectivity index (χ1) is 4.81. The summed E-state index contributed by atoms with van der Waals surface area (Å²) in [5.74, 6) is -0.387. The molecule has 0 atom stereocenters. The molecule has 0 fully saturated rings. The van der Waals surface area contributed by atoms with Crippen molar-refractivity contribution >= 4 is 28.6 Å². The van der Waals surface area contributed by atoms with Gasteiger partial charge in [0.15, 0.2) is 6.61 Å². The quantitative estimate of drug-likeness (QED) is 0.427. The Morgan fingerprint density at radius 2 is 2.40 bits per heavy atom. The van der Waals surface area contributed by atoms with E-state index < -0.39 is 0 Å². The predicted molar refractivity (Wildman–Crippen MR) is 44.4 cm³/mol. The molecule has 0 unspecified atom stereocenters. The van der Waals surface area contributed by atoms with Crippen molar-refractivity contribution in [3.8, 4) is 10.0 Å². The highest BCUT2D eigenvalue weighted by atomic mass is 127. The lowest BCUT2D eigenvalue weighted by Gasteiger charge is -1.97. The molecule has 0 heterocycles. The van der Waals surface area contributed by atoms with E-state index in [0.717, 1.165) is 0 Å². The van der Waals surface area contributed by atoms with E-state index in [-0.39, 0.29) is 12.6 Å². The molecule has 0 N–H and O–H groups in total. The van der Waals surface area contributed by atoms with Gasteiger partial charge in [0, 0.05) is 26.5 Å². The zero-order valence-electron chi connectivity index (χ0n) is 5.52. The molecule has 0 aromatic rings. The highest BCUT2D eigenvalue weighted by molar-refractivity contribution is 14.1. The SMILES string of the molecule is CCOC(=O)COC#CI. The van der Waals surface area contributed by atoms with Crippen LogP contribution < -0.4 is 0 Å². The van der Waals surface area contributed by atoms with Crippen molar-refractivity contribution in [1.29, 1.82) is 0 Å². The Labute approximate surface area is 73.2 Å². The number of hydrogen-bond acceptors (Lipinski definition) is 3. The Balaban J connectivity index is 3.27. The second-order valence-corrected chi connectivity index (χ2v) is 1.83. The summed E-state index contributed by atoms with van der Waals surface area (Å²) >= 11 is 1.82. The standard InChI is InChI=1S/C6H7IO3/c1-2-10-6(8)5-9-4-3-7/h2,5H2,1H3. The zero-order chi connectivity index (χ0) is 7.82. The van der Waals surface area contributed by atoms with E-state index in [2.05, 4.69) is 19.5 Å². The van der Waals surface area contributed by atoms with Gasteiger partial charge >= 0.3 is 5.97 Å². The zero-order valence-corrected chi connectivity index (χ0v) is 7.67. The van der Waals surface area contributed by atoms with Crippen molar-refractivity contribution in [1.82, 2.24) is 0 Å². The van der Waals surface area contributed by atoms with Crippen molar-refractivity contribution in [3.63, 3.8) is 0 Å². The van der Waals surface area contributed by atoms with E-state index in [1.807, 2.05) is 22.6 Å². The van der Waals surface area contributed by atoms with Crippen LogP contribution in [-0.4, -0.2) is 19.2 Å². The summed E-state index contributed by atoms with van der Waals surface area (Å²) in [4.78, 5) is 10.5. The lowest BCUT2D eigenvalue weighted by molar-refractivity contribution is -0.146. The molecule has 0 aliphatic heterocycles. The molecule has 0 saturated carbocycles. The third-order valence-corrected chi connectivity index (χ3v) is 0.826. The summed E-state index contributed by atoms with van der Waals surface area (Å²) in [5, 5.41) is 0. The van der Waals surface area contributed by atoms with Gasteiger partial charge in [-0.3, -0.25) is 0 Å². The van der Waals surface area contributed by atoms with E-state index in [4.69, 9.17) is 0 Å². The molecule has 0 rings (SSSR count). The molecule has 0 saturated heterocycles. The van der Waals surface area contributed by atoms with Crippen LogP contribution in [0.5, 0.6) is 0 Å². The van der Waals surface area contributed by atoms with Gasteiger partial charge in [0.2, 0.25) is 0 Å². The first kappa shape index (κ1) is 9.56. The van der Waals surface area contributed by atoms with Crippen LogP contribution in [0.25, 0.3) is 0 Å². The van der Waals surface area contributed by atoms with Gasteiger partial charge in [0.25, 0.3) is 0 Å². The smallest absolute Gasteiger partial charge is 0.345 e. The number of carbonyl (C=O) groups excluding carboxylic acids is 1. The molecule has 56 valence electrons. The average Bonchev–Trinajstić information content (AvgIpc) is 1.89. The van der Waals surface area contributed by atoms with Gasteiger partial charge in [-0.25, -0.2) is 4.79 Å². The number of rotatable bonds is 3. The Morgan fingerprint density at radius 1 is 1.70 bits per heavy atom. The summed E-state index contributed by atoms with van der Waals surface area (Å²) in [5.41, 5.74) is 0. The molecule has 0 aliphatic carbocycles. The van der Waals surface area contributed by atoms with Gasteiger partial charge in [-0.1, -0.05) is 0 Å². The van der Waals surface area contributed by atoms with Crippen LogP contribution in [0.15, 0.2) is 0 Å². The van der Waals surface area contributed by atoms with Crippen LogP contribution in [0.1, 0.15) is 6.92 Å². The fraction of sp³-hybridized carbons (Fsp3) is 0.500. The Morgan fingerprint density at radius 3 is 2.90 bits per heavy atom. The molecule has 4 heteroatoms. The largest absolute Gasteiger partial charge is 0.463 e. The van der Waals surface area contributed by atoms with Crippen molar-refractivity contribution < 1.29 is 14.3 Å². The monoisotopic (exact) mass is 254 g/mol. The maximum atomic E-state index is 10.5. The van der Waals surface area contributed by atoms with Crippen molar-refractivity contribution in [3.05, 3.63) is 0 Å². The molecule has 0 radical (unpaired) electrons. The maximum Gasteiger partial charge on any atom is 0.345 e. The lowest BCUT2D eigenvalue weighted by atomic mass is 10.7. The van der Waals surface area contributed by atoms with Crippen LogP contribution in [0, 0.1) is 10.0 Å². The van der Waals surface area contributed by atoms with Gasteiger partial charge in [-0.05, 0) is 6.92 Å². The summed E-state index contributed by atoms with van der Waals surface area (Å²) < 4.78 is 11.6. The Bertz CT molecular complexity index is 156. The van der Waals surface area contributed by atoms with Crippen molar-refractivity contribution in [2.75, 3.05) is 13.2 Å². The van der Waals surface area contributed by atoms with Crippen LogP contribution in [0.3, 0.4) is 0 Å². The highest BCUT2D eigenvalue weighted by Gasteiger charge is 1.98. The Kier molecular flexibility index (Phi) is 6.38. The summed E-state index contributed by atoms with van der Waals surface area (Å²) in [6.45, 7) is 2.02. The van der Waals surface area contributed by atoms with Crippen LogP contribution in [-0.2, 0) is 14.3 Å². The molecule has 0 bridgehead atoms. The van der Waals surface area contributed by atoms with Gasteiger partial charge in [0.05, 0.1) is 6.61 Å². The molecule has 10 heavy (non-hydrogen) atoms. The van der Waals surface area contributed by atoms with Crippen LogP contribution in [0.4, 0.5) is 0 Å². The third kappa shape index (κ3) is 5.69. The van der Waals surface area contributed by atoms with Gasteiger partial charge in [-0.2, -0.15) is 0 Å². The molecular formula is C6H7IO3. The van der Waals surface area contributed by atoms with E-state index in [9.17, 15) is 4.79 Å². The van der Waals surface area contributed by atoms with Gasteiger partial charge in [-0.15, -0.1) is 0 Å². The molecule has 0 spiro atoms. The normalized spacial score (nSPS) is 7.40. The number of halogens is 1. The molecule has 0 aromatic heterocycles. The first-order valence-corrected chi connectivity index (χ1v) is 3.77. The van der Waals surface area contributed by atoms with Crippen LogP contribution in [0.2, 0.25) is 0 Å². The van der Waals surface area contributed by atoms with E-state index in [0.29, 0.717) is 6.61 Å². The van der Waals surface area contributed by atoms with E-state index >= 15 is 0 Å². The van der Waals surface area contributed by atoms with Crippen LogP contribution >= 0.6 is 22.6 Å². The van der Waals surface area contributed by atoms with E-state index in [1.54, 1.807) is 6.92 Å². The number of carbonyl (C=O) groups is 1. The number of esters is 1. The van der Waals surface area contributed by atoms with E-state index in [1.165, 1.54) is 0 Å². The second kappa shape index (κ2) is 6.68. The topological polar surface area (TPSA) is 35.5 Å². The summed E-state index contributed by atoms with van der Waals surface area (Å²) in [6, 6.07) is 0. The Hall–Kier alpha value is -0.440. The average molecular weight is 254 g/mol. The minimum Gasteiger partial charge on any atom is -0.463 e. The fourth-order valence-electron chi connectivity index (χ4n) is 0.325. The molecule has 3 nitrogen and oxygen atoms in total. The van der Waals surface area contributed by atoms with Crippen molar-refractivity contribution in [2.24, 2.45) is 0 Å². The van der Waals surface area contributed by atoms with Gasteiger partial charge < -0.3 is 9.47 Å². The minimum atomic E-state index is -0.387. The fourth-order valence-corrected chi connectivity index (χ4v) is 0.481. The summed E-state index contributed by atoms with van der Waals surface area (Å²) in [7, 11) is 0. The van der Waals surface area contributed by atoms with Crippen molar-refractivity contribution in [2.45, 2.75) is 6.92 Å². The molecule has 0 amide bonds. The first-order valence-electron chi connectivity index (χ1n) is 2.69. The maximum absolute atomic E-state index is 10.5.